The lowest BCUT2D eigenvalue weighted by molar-refractivity contribution is 0.0770. The van der Waals surface area contributed by atoms with Crippen LogP contribution < -0.4 is 5.73 Å². The molecule has 0 aromatic carbocycles. The van der Waals surface area contributed by atoms with Gasteiger partial charge in [-0.25, -0.2) is 0 Å². The fourth-order valence-corrected chi connectivity index (χ4v) is 1.74. The molecule has 0 spiro atoms. The van der Waals surface area contributed by atoms with Crippen molar-refractivity contribution in [2.75, 3.05) is 12.8 Å². The fraction of sp³-hybridized carbons (Fsp3) is 0.200. The van der Waals surface area contributed by atoms with E-state index >= 15 is 0 Å². The topological polar surface area (TPSA) is 88.2 Å². The number of hydrogen-bond donors (Lipinski definition) is 2. The first-order valence-electron chi connectivity index (χ1n) is 4.86. The summed E-state index contributed by atoms with van der Waals surface area (Å²) in [6.07, 6.45) is 1.41. The summed E-state index contributed by atoms with van der Waals surface area (Å²) < 4.78 is 5.95. The molecule has 0 fully saturated rings. The minimum Gasteiger partial charge on any atom is -0.452 e. The zero-order valence-electron chi connectivity index (χ0n) is 9.11. The van der Waals surface area contributed by atoms with Gasteiger partial charge in [-0.1, -0.05) is 0 Å². The first-order chi connectivity index (χ1) is 8.08. The highest BCUT2D eigenvalue weighted by Crippen LogP contribution is 2.16. The van der Waals surface area contributed by atoms with Crippen LogP contribution in [0.25, 0.3) is 0 Å². The maximum atomic E-state index is 12.0. The Bertz CT molecular complexity index is 534. The first-order valence-corrected chi connectivity index (χ1v) is 5.65. The Hall–Kier alpha value is -1.76. The molecule has 0 atom stereocenters. The number of furan rings is 1. The van der Waals surface area contributed by atoms with Crippen LogP contribution in [0, 0.1) is 0 Å². The van der Waals surface area contributed by atoms with Crippen LogP contribution in [0.4, 0.5) is 5.69 Å². The predicted octanol–water partition coefficient (Wildman–Crippen LogP) is 1.62. The summed E-state index contributed by atoms with van der Waals surface area (Å²) in [6, 6.07) is 3.57. The number of nitrogens with two attached hydrogens (primary N) is 1. The number of rotatable bonds is 3. The number of nitrogens with zero attached hydrogens (tertiary/aromatic N) is 2. The normalized spacial score (nSPS) is 10.5. The van der Waals surface area contributed by atoms with Crippen LogP contribution in [-0.2, 0) is 6.54 Å². The molecule has 0 unspecified atom stereocenters. The van der Waals surface area contributed by atoms with Crippen LogP contribution in [-0.4, -0.2) is 28.1 Å². The third-order valence-corrected chi connectivity index (χ3v) is 2.68. The van der Waals surface area contributed by atoms with E-state index < -0.39 is 0 Å². The van der Waals surface area contributed by atoms with Crippen LogP contribution >= 0.6 is 15.9 Å². The Morgan fingerprint density at radius 3 is 2.94 bits per heavy atom. The zero-order valence-corrected chi connectivity index (χ0v) is 10.7. The lowest BCUT2D eigenvalue weighted by Crippen LogP contribution is -2.27. The number of carbonyl (C=O) groups is 1. The molecular formula is C10H11BrN4O2. The fourth-order valence-electron chi connectivity index (χ4n) is 1.40. The molecular weight excluding hydrogens is 288 g/mol. The third kappa shape index (κ3) is 2.50. The second kappa shape index (κ2) is 4.62. The van der Waals surface area contributed by atoms with Crippen molar-refractivity contribution in [1.82, 2.24) is 15.1 Å². The van der Waals surface area contributed by atoms with E-state index in [1.165, 1.54) is 11.1 Å². The van der Waals surface area contributed by atoms with Crippen molar-refractivity contribution in [3.05, 3.63) is 34.5 Å². The maximum Gasteiger partial charge on any atom is 0.274 e. The smallest absolute Gasteiger partial charge is 0.274 e. The molecule has 2 rings (SSSR count). The van der Waals surface area contributed by atoms with Gasteiger partial charge in [0.25, 0.3) is 5.91 Å². The summed E-state index contributed by atoms with van der Waals surface area (Å²) in [7, 11) is 1.67. The summed E-state index contributed by atoms with van der Waals surface area (Å²) in [6.45, 7) is 0.364. The van der Waals surface area contributed by atoms with E-state index in [4.69, 9.17) is 10.2 Å². The van der Waals surface area contributed by atoms with E-state index in [0.717, 1.165) is 0 Å². The summed E-state index contributed by atoms with van der Waals surface area (Å²) >= 11 is 3.20. The standard InChI is InChI=1S/C10H11BrN4O2/c1-15(5-6-2-3-8(11)17-6)10(16)9-7(12)4-13-14-9/h2-4H,5,12H2,1H3,(H,13,14). The monoisotopic (exact) mass is 298 g/mol. The van der Waals surface area contributed by atoms with Crippen LogP contribution in [0.3, 0.4) is 0 Å². The molecule has 0 aliphatic heterocycles. The lowest BCUT2D eigenvalue weighted by atomic mass is 10.3. The SMILES string of the molecule is CN(Cc1ccc(Br)o1)C(=O)c1[nH]ncc1N. The number of hydrogen-bond acceptors (Lipinski definition) is 4. The molecule has 17 heavy (non-hydrogen) atoms. The molecule has 0 saturated carbocycles. The van der Waals surface area contributed by atoms with Gasteiger partial charge in [0.1, 0.15) is 11.5 Å². The number of amides is 1. The number of nitrogen functional groups attached to an aromatic ring is 1. The zero-order chi connectivity index (χ0) is 12.4. The highest BCUT2D eigenvalue weighted by molar-refractivity contribution is 9.10. The van der Waals surface area contributed by atoms with E-state index in [9.17, 15) is 4.79 Å². The molecule has 0 aliphatic carbocycles. The quantitative estimate of drug-likeness (QED) is 0.901. The van der Waals surface area contributed by atoms with Gasteiger partial charge in [-0.05, 0) is 28.1 Å². The van der Waals surface area contributed by atoms with Gasteiger partial charge in [-0.3, -0.25) is 9.89 Å². The van der Waals surface area contributed by atoms with Crippen molar-refractivity contribution in [1.29, 1.82) is 0 Å². The molecule has 3 N–H and O–H groups in total. The van der Waals surface area contributed by atoms with Crippen LogP contribution in [0.5, 0.6) is 0 Å². The van der Waals surface area contributed by atoms with Crippen molar-refractivity contribution in [2.24, 2.45) is 0 Å². The van der Waals surface area contributed by atoms with E-state index in [2.05, 4.69) is 26.1 Å². The molecule has 2 aromatic heterocycles. The van der Waals surface area contributed by atoms with Gasteiger partial charge >= 0.3 is 0 Å². The minimum atomic E-state index is -0.229. The van der Waals surface area contributed by atoms with Gasteiger partial charge in [0.05, 0.1) is 18.4 Å². The Labute approximate surface area is 106 Å². The minimum absolute atomic E-state index is 0.229. The largest absolute Gasteiger partial charge is 0.452 e. The molecule has 7 heteroatoms. The molecule has 2 aromatic rings. The summed E-state index contributed by atoms with van der Waals surface area (Å²) in [5.41, 5.74) is 6.23. The number of nitrogens with one attached hydrogen (secondary N) is 1. The van der Waals surface area contributed by atoms with Crippen molar-refractivity contribution < 1.29 is 9.21 Å². The number of carbonyl (C=O) groups excluding carboxylic acids is 1. The predicted molar refractivity (Wildman–Crippen MR) is 65.2 cm³/mol. The van der Waals surface area contributed by atoms with E-state index in [-0.39, 0.29) is 11.6 Å². The maximum absolute atomic E-state index is 12.0. The van der Waals surface area contributed by atoms with Crippen molar-refractivity contribution in [2.45, 2.75) is 6.54 Å². The molecule has 0 radical (unpaired) electrons. The number of H-pyrrole nitrogens is 1. The Balaban J connectivity index is 2.08. The average molecular weight is 299 g/mol. The molecule has 6 nitrogen and oxygen atoms in total. The van der Waals surface area contributed by atoms with Gasteiger partial charge < -0.3 is 15.1 Å². The Kier molecular flexibility index (Phi) is 3.19. The second-order valence-corrected chi connectivity index (χ2v) is 4.35. The summed E-state index contributed by atoms with van der Waals surface area (Å²) in [5, 5.41) is 6.28. The summed E-state index contributed by atoms with van der Waals surface area (Å²) in [4.78, 5) is 13.5. The Morgan fingerprint density at radius 2 is 2.41 bits per heavy atom. The molecule has 1 amide bonds. The molecule has 0 aliphatic rings. The van der Waals surface area contributed by atoms with Gasteiger partial charge in [0.2, 0.25) is 0 Å². The van der Waals surface area contributed by atoms with E-state index in [0.29, 0.717) is 22.7 Å². The van der Waals surface area contributed by atoms with Crippen LogP contribution in [0.2, 0.25) is 0 Å². The van der Waals surface area contributed by atoms with Gasteiger partial charge in [0, 0.05) is 7.05 Å². The van der Waals surface area contributed by atoms with Crippen molar-refractivity contribution >= 4 is 27.5 Å². The third-order valence-electron chi connectivity index (χ3n) is 2.25. The average Bonchev–Trinajstić information content (AvgIpc) is 2.86. The van der Waals surface area contributed by atoms with Crippen LogP contribution in [0.1, 0.15) is 16.2 Å². The first kappa shape index (κ1) is 11.7. The van der Waals surface area contributed by atoms with Gasteiger partial charge in [-0.15, -0.1) is 0 Å². The molecule has 0 saturated heterocycles. The van der Waals surface area contributed by atoms with Gasteiger partial charge in [-0.2, -0.15) is 5.10 Å². The molecule has 0 bridgehead atoms. The number of halogens is 1. The van der Waals surface area contributed by atoms with Crippen LogP contribution in [0.15, 0.2) is 27.4 Å². The molecule has 90 valence electrons. The second-order valence-electron chi connectivity index (χ2n) is 3.57. The highest BCUT2D eigenvalue weighted by Gasteiger charge is 2.17. The highest BCUT2D eigenvalue weighted by atomic mass is 79.9. The summed E-state index contributed by atoms with van der Waals surface area (Å²) in [5.74, 6) is 0.457. The number of anilines is 1. The van der Waals surface area contributed by atoms with Crippen molar-refractivity contribution in [3.63, 3.8) is 0 Å². The van der Waals surface area contributed by atoms with E-state index in [1.807, 2.05) is 0 Å². The number of aromatic amines is 1. The van der Waals surface area contributed by atoms with E-state index in [1.54, 1.807) is 19.2 Å². The van der Waals surface area contributed by atoms with Crippen molar-refractivity contribution in [3.8, 4) is 0 Å². The molecule has 2 heterocycles. The Morgan fingerprint density at radius 1 is 1.65 bits per heavy atom. The lowest BCUT2D eigenvalue weighted by Gasteiger charge is -2.14. The number of aromatic nitrogens is 2. The van der Waals surface area contributed by atoms with Gasteiger partial charge in [0.15, 0.2) is 4.67 Å².